The summed E-state index contributed by atoms with van der Waals surface area (Å²) in [6, 6.07) is 0.677. The van der Waals surface area contributed by atoms with Crippen LogP contribution in [0.2, 0.25) is 0 Å². The number of rotatable bonds is 6. The third-order valence-corrected chi connectivity index (χ3v) is 3.29. The molecule has 0 unspecified atom stereocenters. The van der Waals surface area contributed by atoms with E-state index in [2.05, 4.69) is 5.32 Å². The molecule has 0 aliphatic carbocycles. The lowest BCUT2D eigenvalue weighted by Crippen LogP contribution is -2.36. The van der Waals surface area contributed by atoms with E-state index in [1.807, 2.05) is 11.8 Å². The van der Waals surface area contributed by atoms with Crippen molar-refractivity contribution >= 4 is 11.8 Å². The van der Waals surface area contributed by atoms with Crippen molar-refractivity contribution in [2.24, 2.45) is 0 Å². The van der Waals surface area contributed by atoms with Crippen LogP contribution in [0.1, 0.15) is 12.8 Å². The van der Waals surface area contributed by atoms with Crippen LogP contribution in [0.25, 0.3) is 0 Å². The van der Waals surface area contributed by atoms with Crippen molar-refractivity contribution in [2.75, 3.05) is 37.9 Å². The van der Waals surface area contributed by atoms with Crippen LogP contribution in [0.15, 0.2) is 0 Å². The first-order valence-electron chi connectivity index (χ1n) is 4.93. The number of aliphatic hydroxyl groups excluding tert-OH is 1. The van der Waals surface area contributed by atoms with Crippen LogP contribution in [0.3, 0.4) is 0 Å². The normalized spacial score (nSPS) is 23.3. The SMILES string of the molecule is OCCOCCN[C@H]1CCCSC1. The smallest absolute Gasteiger partial charge is 0.0698 e. The second kappa shape index (κ2) is 7.62. The summed E-state index contributed by atoms with van der Waals surface area (Å²) in [7, 11) is 0. The Morgan fingerprint density at radius 3 is 3.08 bits per heavy atom. The van der Waals surface area contributed by atoms with Gasteiger partial charge in [-0.05, 0) is 18.6 Å². The molecule has 78 valence electrons. The number of nitrogens with one attached hydrogen (secondary N) is 1. The minimum absolute atomic E-state index is 0.124. The summed E-state index contributed by atoms with van der Waals surface area (Å²) in [4.78, 5) is 0. The highest BCUT2D eigenvalue weighted by molar-refractivity contribution is 7.99. The van der Waals surface area contributed by atoms with Gasteiger partial charge in [0.25, 0.3) is 0 Å². The highest BCUT2D eigenvalue weighted by Crippen LogP contribution is 2.16. The van der Waals surface area contributed by atoms with Crippen LogP contribution in [-0.2, 0) is 4.74 Å². The molecule has 0 bridgehead atoms. The molecule has 1 saturated heterocycles. The fourth-order valence-corrected chi connectivity index (χ4v) is 2.51. The lowest BCUT2D eigenvalue weighted by atomic mass is 10.2. The van der Waals surface area contributed by atoms with Crippen LogP contribution in [0.5, 0.6) is 0 Å². The van der Waals surface area contributed by atoms with Crippen molar-refractivity contribution in [3.8, 4) is 0 Å². The molecular weight excluding hydrogens is 186 g/mol. The lowest BCUT2D eigenvalue weighted by Gasteiger charge is -2.22. The van der Waals surface area contributed by atoms with Crippen molar-refractivity contribution in [1.82, 2.24) is 5.32 Å². The summed E-state index contributed by atoms with van der Waals surface area (Å²) in [5, 5.41) is 11.9. The van der Waals surface area contributed by atoms with E-state index >= 15 is 0 Å². The maximum Gasteiger partial charge on any atom is 0.0698 e. The zero-order valence-electron chi connectivity index (χ0n) is 8.00. The largest absolute Gasteiger partial charge is 0.394 e. The van der Waals surface area contributed by atoms with Crippen molar-refractivity contribution in [1.29, 1.82) is 0 Å². The molecule has 0 spiro atoms. The molecule has 0 aromatic carbocycles. The second-order valence-electron chi connectivity index (χ2n) is 3.20. The highest BCUT2D eigenvalue weighted by Gasteiger charge is 2.11. The molecular formula is C9H19NO2S. The van der Waals surface area contributed by atoms with Crippen LogP contribution in [-0.4, -0.2) is 49.0 Å². The van der Waals surface area contributed by atoms with E-state index in [4.69, 9.17) is 9.84 Å². The van der Waals surface area contributed by atoms with Gasteiger partial charge in [-0.3, -0.25) is 0 Å². The van der Waals surface area contributed by atoms with Gasteiger partial charge in [-0.1, -0.05) is 0 Å². The van der Waals surface area contributed by atoms with Gasteiger partial charge in [0.15, 0.2) is 0 Å². The molecule has 3 nitrogen and oxygen atoms in total. The van der Waals surface area contributed by atoms with Crippen molar-refractivity contribution in [3.05, 3.63) is 0 Å². The Balaban J connectivity index is 1.86. The van der Waals surface area contributed by atoms with Crippen LogP contribution < -0.4 is 5.32 Å². The van der Waals surface area contributed by atoms with Crippen molar-refractivity contribution in [3.63, 3.8) is 0 Å². The number of thioether (sulfide) groups is 1. The standard InChI is InChI=1S/C9H19NO2S/c11-4-6-12-5-3-10-9-2-1-7-13-8-9/h9-11H,1-8H2/t9-/m0/s1. The predicted molar refractivity (Wildman–Crippen MR) is 56.3 cm³/mol. The molecule has 1 aliphatic heterocycles. The zero-order chi connectivity index (χ0) is 9.36. The van der Waals surface area contributed by atoms with Crippen LogP contribution in [0, 0.1) is 0 Å². The van der Waals surface area contributed by atoms with E-state index in [-0.39, 0.29) is 6.61 Å². The number of aliphatic hydroxyl groups is 1. The summed E-state index contributed by atoms with van der Waals surface area (Å²) in [6.07, 6.45) is 2.63. The summed E-state index contributed by atoms with van der Waals surface area (Å²) in [6.45, 7) is 2.20. The maximum atomic E-state index is 8.47. The average molecular weight is 205 g/mol. The van der Waals surface area contributed by atoms with E-state index in [9.17, 15) is 0 Å². The van der Waals surface area contributed by atoms with E-state index < -0.39 is 0 Å². The highest BCUT2D eigenvalue weighted by atomic mass is 32.2. The van der Waals surface area contributed by atoms with E-state index in [1.165, 1.54) is 24.3 Å². The van der Waals surface area contributed by atoms with E-state index in [0.717, 1.165) is 6.54 Å². The molecule has 1 atom stereocenters. The van der Waals surface area contributed by atoms with Crippen molar-refractivity contribution in [2.45, 2.75) is 18.9 Å². The summed E-state index contributed by atoms with van der Waals surface area (Å²) in [5.74, 6) is 2.55. The Bertz CT molecular complexity index is 118. The van der Waals surface area contributed by atoms with Crippen LogP contribution >= 0.6 is 11.8 Å². The Hall–Kier alpha value is 0.230. The topological polar surface area (TPSA) is 41.5 Å². The van der Waals surface area contributed by atoms with Gasteiger partial charge in [-0.25, -0.2) is 0 Å². The summed E-state index contributed by atoms with van der Waals surface area (Å²) >= 11 is 2.03. The average Bonchev–Trinajstić information content (AvgIpc) is 2.19. The summed E-state index contributed by atoms with van der Waals surface area (Å²) in [5.41, 5.74) is 0. The molecule has 0 amide bonds. The molecule has 0 radical (unpaired) electrons. The molecule has 2 N–H and O–H groups in total. The number of hydrogen-bond acceptors (Lipinski definition) is 4. The van der Waals surface area contributed by atoms with Gasteiger partial charge in [-0.2, -0.15) is 11.8 Å². The number of hydrogen-bond donors (Lipinski definition) is 2. The van der Waals surface area contributed by atoms with E-state index in [0.29, 0.717) is 19.3 Å². The Labute approximate surface area is 84.2 Å². The van der Waals surface area contributed by atoms with Crippen LogP contribution in [0.4, 0.5) is 0 Å². The predicted octanol–water partition coefficient (Wildman–Crippen LogP) is 0.480. The molecule has 13 heavy (non-hydrogen) atoms. The quantitative estimate of drug-likeness (QED) is 0.619. The molecule has 1 rings (SSSR count). The molecule has 0 aromatic heterocycles. The monoisotopic (exact) mass is 205 g/mol. The van der Waals surface area contributed by atoms with E-state index in [1.54, 1.807) is 0 Å². The van der Waals surface area contributed by atoms with Gasteiger partial charge >= 0.3 is 0 Å². The first kappa shape index (κ1) is 11.3. The Morgan fingerprint density at radius 1 is 1.46 bits per heavy atom. The zero-order valence-corrected chi connectivity index (χ0v) is 8.81. The van der Waals surface area contributed by atoms with Gasteiger partial charge in [0.2, 0.25) is 0 Å². The first-order valence-corrected chi connectivity index (χ1v) is 6.08. The molecule has 4 heteroatoms. The Morgan fingerprint density at radius 2 is 2.38 bits per heavy atom. The second-order valence-corrected chi connectivity index (χ2v) is 4.35. The van der Waals surface area contributed by atoms with Gasteiger partial charge < -0.3 is 15.2 Å². The fourth-order valence-electron chi connectivity index (χ4n) is 1.40. The Kier molecular flexibility index (Phi) is 6.62. The molecule has 0 saturated carbocycles. The number of ether oxygens (including phenoxy) is 1. The third-order valence-electron chi connectivity index (χ3n) is 2.08. The summed E-state index contributed by atoms with van der Waals surface area (Å²) < 4.78 is 5.15. The third kappa shape index (κ3) is 5.52. The van der Waals surface area contributed by atoms with Gasteiger partial charge in [0, 0.05) is 18.3 Å². The van der Waals surface area contributed by atoms with Crippen molar-refractivity contribution < 1.29 is 9.84 Å². The van der Waals surface area contributed by atoms with Gasteiger partial charge in [0.05, 0.1) is 19.8 Å². The fraction of sp³-hybridized carbons (Fsp3) is 1.00. The molecule has 1 heterocycles. The molecule has 1 aliphatic rings. The minimum Gasteiger partial charge on any atom is -0.394 e. The van der Waals surface area contributed by atoms with Gasteiger partial charge in [0.1, 0.15) is 0 Å². The first-order chi connectivity index (χ1) is 6.43. The molecule has 1 fully saturated rings. The maximum absolute atomic E-state index is 8.47. The minimum atomic E-state index is 0.124. The molecule has 0 aromatic rings. The van der Waals surface area contributed by atoms with Gasteiger partial charge in [-0.15, -0.1) is 0 Å². The lowest BCUT2D eigenvalue weighted by molar-refractivity contribution is 0.0927.